The van der Waals surface area contributed by atoms with Crippen LogP contribution in [0.25, 0.3) is 0 Å². The van der Waals surface area contributed by atoms with Gasteiger partial charge in [-0.3, -0.25) is 0 Å². The molecule has 0 radical (unpaired) electrons. The van der Waals surface area contributed by atoms with Crippen molar-refractivity contribution in [3.05, 3.63) is 126 Å². The van der Waals surface area contributed by atoms with Crippen LogP contribution in [0, 0.1) is 27.7 Å². The molecular weight excluding hydrogens is 567 g/mol. The second kappa shape index (κ2) is 10.4. The molecule has 0 saturated heterocycles. The van der Waals surface area contributed by atoms with Crippen LogP contribution in [0.2, 0.25) is 0 Å². The fourth-order valence-corrected chi connectivity index (χ4v) is 15.7. The second-order valence-electron chi connectivity index (χ2n) is 9.32. The normalized spacial score (nSPS) is 11.6. The Morgan fingerprint density at radius 3 is 1.30 bits per heavy atom. The van der Waals surface area contributed by atoms with Crippen LogP contribution in [0.5, 0.6) is 0 Å². The van der Waals surface area contributed by atoms with E-state index in [1.54, 1.807) is 9.36 Å². The Kier molecular flexibility index (Phi) is 7.02. The number of aromatic nitrogens is 4. The zero-order valence-corrected chi connectivity index (χ0v) is 24.4. The van der Waals surface area contributed by atoms with Crippen molar-refractivity contribution in [3.8, 4) is 0 Å². The first-order valence-electron chi connectivity index (χ1n) is 12.3. The summed E-state index contributed by atoms with van der Waals surface area (Å²) in [4.78, 5) is 14.5. The first kappa shape index (κ1) is 25.0. The fraction of sp³-hybridized carbons (Fsp3) is 0.167. The number of aryl methyl sites for hydroxylation is 4. The molecule has 2 heterocycles. The summed E-state index contributed by atoms with van der Waals surface area (Å²) < 4.78 is 13.6. The third-order valence-corrected chi connectivity index (χ3v) is 17.8. The molecule has 0 atom stereocenters. The van der Waals surface area contributed by atoms with Crippen molar-refractivity contribution in [1.82, 2.24) is 19.6 Å². The molecule has 5 rings (SSSR count). The monoisotopic (exact) mass is 598 g/mol. The van der Waals surface area contributed by atoms with Gasteiger partial charge in [0, 0.05) is 0 Å². The van der Waals surface area contributed by atoms with Crippen molar-refractivity contribution in [1.29, 1.82) is 0 Å². The van der Waals surface area contributed by atoms with Crippen molar-refractivity contribution >= 4 is 35.5 Å². The molecule has 7 heteroatoms. The number of hydrogen-bond donors (Lipinski definition) is 0. The quantitative estimate of drug-likeness (QED) is 0.270. The van der Waals surface area contributed by atoms with Crippen molar-refractivity contribution in [3.63, 3.8) is 0 Å². The number of carbonyl (C=O) groups is 1. The van der Waals surface area contributed by atoms with Gasteiger partial charge in [-0.15, -0.1) is 0 Å². The topological polar surface area (TPSA) is 61.9 Å². The minimum absolute atomic E-state index is 0.371. The maximum absolute atomic E-state index is 14.5. The average Bonchev–Trinajstić information content (AvgIpc) is 3.43. The molecule has 0 saturated carbocycles. The maximum atomic E-state index is 14.5. The molecule has 0 aliphatic carbocycles. The average molecular weight is 597 g/mol. The van der Waals surface area contributed by atoms with Gasteiger partial charge in [0.05, 0.1) is 0 Å². The van der Waals surface area contributed by atoms with Crippen molar-refractivity contribution in [2.45, 2.75) is 33.9 Å². The Morgan fingerprint density at radius 1 is 0.649 bits per heavy atom. The van der Waals surface area contributed by atoms with E-state index in [1.165, 1.54) is 0 Å². The SMILES string of the molecule is Cc1cc(C)n(C(C(=O)[O][Sn]([c]2ccccc2)([c]2ccccc2)[c]2ccccc2)n2nc(C)cc2C)n1. The standard InChI is InChI=1S/C12H16N4O2.3C6H5.Sn/c1-7-5-9(3)15(13-7)11(12(17)18)16-10(4)6-8(2)14-16;3*1-2-4-6-5-3-1;/h5-6,11H,1-4H3,(H,17,18);3*1-5H;/q;;;;+1/p-1. The number of benzene rings is 3. The number of rotatable bonds is 7. The molecule has 0 N–H and O–H groups in total. The summed E-state index contributed by atoms with van der Waals surface area (Å²) in [7, 11) is 0. The summed E-state index contributed by atoms with van der Waals surface area (Å²) in [5.41, 5.74) is 3.40. The van der Waals surface area contributed by atoms with Crippen molar-refractivity contribution < 1.29 is 7.87 Å². The molecule has 3 aromatic carbocycles. The Bertz CT molecular complexity index is 1370. The molecule has 0 aliphatic rings. The van der Waals surface area contributed by atoms with Crippen LogP contribution in [0.15, 0.2) is 103 Å². The van der Waals surface area contributed by atoms with E-state index in [1.807, 2.05) is 94.4 Å². The minimum atomic E-state index is -4.33. The summed E-state index contributed by atoms with van der Waals surface area (Å²) >= 11 is -4.33. The molecule has 0 spiro atoms. The summed E-state index contributed by atoms with van der Waals surface area (Å²) in [5, 5.41) is 9.37. The summed E-state index contributed by atoms with van der Waals surface area (Å²) in [6, 6.07) is 34.5. The van der Waals surface area contributed by atoms with Gasteiger partial charge in [0.1, 0.15) is 0 Å². The molecule has 5 aromatic rings. The zero-order valence-electron chi connectivity index (χ0n) is 21.5. The van der Waals surface area contributed by atoms with E-state index in [4.69, 9.17) is 3.07 Å². The fourth-order valence-electron chi connectivity index (χ4n) is 4.99. The van der Waals surface area contributed by atoms with Gasteiger partial charge >= 0.3 is 223 Å². The van der Waals surface area contributed by atoms with Crippen LogP contribution >= 0.6 is 0 Å². The summed E-state index contributed by atoms with van der Waals surface area (Å²) in [6.45, 7) is 7.76. The van der Waals surface area contributed by atoms with Gasteiger partial charge in [-0.1, -0.05) is 0 Å². The number of carbonyl (C=O) groups excluding carboxylic acids is 1. The van der Waals surface area contributed by atoms with E-state index in [-0.39, 0.29) is 5.97 Å². The Labute approximate surface area is 222 Å². The first-order chi connectivity index (χ1) is 17.9. The number of nitrogens with zero attached hydrogens (tertiary/aromatic N) is 4. The van der Waals surface area contributed by atoms with E-state index in [0.717, 1.165) is 33.5 Å². The van der Waals surface area contributed by atoms with E-state index in [0.29, 0.717) is 0 Å². The van der Waals surface area contributed by atoms with Gasteiger partial charge in [0.2, 0.25) is 0 Å². The van der Waals surface area contributed by atoms with Crippen LogP contribution in [-0.2, 0) is 7.87 Å². The first-order valence-corrected chi connectivity index (χ1v) is 17.8. The van der Waals surface area contributed by atoms with Gasteiger partial charge in [-0.2, -0.15) is 0 Å². The molecule has 2 aromatic heterocycles. The van der Waals surface area contributed by atoms with Crippen LogP contribution in [0.3, 0.4) is 0 Å². The Hall–Kier alpha value is -3.65. The van der Waals surface area contributed by atoms with Gasteiger partial charge in [-0.05, 0) is 0 Å². The molecule has 0 aliphatic heterocycles. The van der Waals surface area contributed by atoms with E-state index >= 15 is 0 Å². The number of hydrogen-bond acceptors (Lipinski definition) is 4. The second-order valence-corrected chi connectivity index (χ2v) is 18.7. The van der Waals surface area contributed by atoms with Crippen LogP contribution in [0.1, 0.15) is 28.9 Å². The van der Waals surface area contributed by atoms with Crippen molar-refractivity contribution in [2.75, 3.05) is 0 Å². The predicted octanol–water partition coefficient (Wildman–Crippen LogP) is 3.57. The van der Waals surface area contributed by atoms with Gasteiger partial charge in [0.15, 0.2) is 0 Å². The summed E-state index contributed by atoms with van der Waals surface area (Å²) in [5.74, 6) is -0.371. The molecule has 0 unspecified atom stereocenters. The third-order valence-electron chi connectivity index (χ3n) is 6.56. The molecule has 0 bridgehead atoms. The van der Waals surface area contributed by atoms with E-state index in [9.17, 15) is 4.79 Å². The van der Waals surface area contributed by atoms with Crippen LogP contribution in [0.4, 0.5) is 0 Å². The third kappa shape index (κ3) is 4.73. The van der Waals surface area contributed by atoms with Gasteiger partial charge in [-0.25, -0.2) is 0 Å². The van der Waals surface area contributed by atoms with E-state index in [2.05, 4.69) is 46.6 Å². The molecule has 0 fully saturated rings. The van der Waals surface area contributed by atoms with Crippen molar-refractivity contribution in [2.24, 2.45) is 0 Å². The summed E-state index contributed by atoms with van der Waals surface area (Å²) in [6.07, 6.45) is -0.866. The Morgan fingerprint density at radius 2 is 1.00 bits per heavy atom. The van der Waals surface area contributed by atoms with Crippen LogP contribution in [-0.4, -0.2) is 44.3 Å². The van der Waals surface area contributed by atoms with E-state index < -0.39 is 25.0 Å². The van der Waals surface area contributed by atoms with Crippen LogP contribution < -0.4 is 10.7 Å². The molecule has 0 amide bonds. The molecule has 37 heavy (non-hydrogen) atoms. The molecular formula is C30H30N4O2Sn. The molecule has 186 valence electrons. The molecule has 6 nitrogen and oxygen atoms in total. The predicted molar refractivity (Wildman–Crippen MR) is 148 cm³/mol. The van der Waals surface area contributed by atoms with Gasteiger partial charge in [0.25, 0.3) is 0 Å². The van der Waals surface area contributed by atoms with Gasteiger partial charge < -0.3 is 0 Å². The zero-order chi connectivity index (χ0) is 26.0. The Balaban J connectivity index is 1.74.